The molecule has 136 valence electrons. The molecule has 0 amide bonds. The lowest BCUT2D eigenvalue weighted by Crippen LogP contribution is -2.36. The van der Waals surface area contributed by atoms with Crippen LogP contribution in [0.5, 0.6) is 0 Å². The minimum absolute atomic E-state index is 0.670. The summed E-state index contributed by atoms with van der Waals surface area (Å²) in [5, 5.41) is 1.15. The van der Waals surface area contributed by atoms with Crippen molar-refractivity contribution >= 4 is 39.8 Å². The fraction of sp³-hybridized carbons (Fsp3) is 0.286. The minimum Gasteiger partial charge on any atom is -0.378 e. The van der Waals surface area contributed by atoms with Gasteiger partial charge in [0.25, 0.3) is 0 Å². The molecule has 2 aliphatic heterocycles. The summed E-state index contributed by atoms with van der Waals surface area (Å²) in [6, 6.07) is 8.68. The van der Waals surface area contributed by atoms with E-state index in [2.05, 4.69) is 46.1 Å². The fourth-order valence-electron chi connectivity index (χ4n) is 3.61. The molecule has 2 aliphatic rings. The number of hydrogen-bond acceptors (Lipinski definition) is 6. The Balaban J connectivity index is 1.74. The van der Waals surface area contributed by atoms with Crippen LogP contribution in [0.15, 0.2) is 41.5 Å². The third-order valence-electron chi connectivity index (χ3n) is 5.00. The van der Waals surface area contributed by atoms with Gasteiger partial charge in [-0.25, -0.2) is 4.98 Å². The van der Waals surface area contributed by atoms with Crippen LogP contribution in [-0.2, 0) is 4.74 Å². The van der Waals surface area contributed by atoms with E-state index in [1.54, 1.807) is 0 Å². The molecule has 0 atom stereocenters. The molecule has 0 saturated carbocycles. The summed E-state index contributed by atoms with van der Waals surface area (Å²) in [6.07, 6.45) is 5.78. The molecule has 1 saturated heterocycles. The van der Waals surface area contributed by atoms with Gasteiger partial charge >= 0.3 is 0 Å². The Labute approximate surface area is 162 Å². The van der Waals surface area contributed by atoms with Gasteiger partial charge in [0.05, 0.1) is 31.0 Å². The van der Waals surface area contributed by atoms with Crippen LogP contribution >= 0.6 is 11.3 Å². The van der Waals surface area contributed by atoms with E-state index in [-0.39, 0.29) is 0 Å². The number of nitrogens with zero attached hydrogens (tertiary/aromatic N) is 4. The maximum absolute atomic E-state index is 5.53. The normalized spacial score (nSPS) is 16.9. The van der Waals surface area contributed by atoms with Crippen molar-refractivity contribution < 1.29 is 4.74 Å². The molecule has 0 N–H and O–H groups in total. The van der Waals surface area contributed by atoms with Crippen molar-refractivity contribution in [1.82, 2.24) is 9.97 Å². The summed E-state index contributed by atoms with van der Waals surface area (Å²) < 4.78 is 5.53. The molecular weight excluding hydrogens is 356 g/mol. The van der Waals surface area contributed by atoms with E-state index in [4.69, 9.17) is 9.72 Å². The van der Waals surface area contributed by atoms with Gasteiger partial charge in [0.2, 0.25) is 0 Å². The van der Waals surface area contributed by atoms with Crippen molar-refractivity contribution in [2.75, 3.05) is 37.7 Å². The number of allylic oxidation sites excluding steroid dienone is 1. The van der Waals surface area contributed by atoms with Crippen LogP contribution in [-0.4, -0.2) is 49.0 Å². The highest BCUT2D eigenvalue weighted by atomic mass is 32.1. The number of thiophene rings is 1. The topological polar surface area (TPSA) is 50.6 Å². The summed E-state index contributed by atoms with van der Waals surface area (Å²) in [4.78, 5) is 18.9. The number of aliphatic imine (C=N–C) groups is 1. The highest BCUT2D eigenvalue weighted by Crippen LogP contribution is 2.37. The number of aryl methyl sites for hydroxylation is 1. The smallest absolute Gasteiger partial charge is 0.130 e. The quantitative estimate of drug-likeness (QED) is 0.694. The molecule has 0 aliphatic carbocycles. The summed E-state index contributed by atoms with van der Waals surface area (Å²) >= 11 is 1.82. The summed E-state index contributed by atoms with van der Waals surface area (Å²) in [5.74, 6) is 1.00. The molecule has 0 bridgehead atoms. The van der Waals surface area contributed by atoms with Crippen molar-refractivity contribution in [3.8, 4) is 10.4 Å². The summed E-state index contributed by atoms with van der Waals surface area (Å²) in [7, 11) is 0. The highest BCUT2D eigenvalue weighted by molar-refractivity contribution is 7.15. The fourth-order valence-corrected chi connectivity index (χ4v) is 4.51. The third kappa shape index (κ3) is 3.05. The Morgan fingerprint density at radius 1 is 1.15 bits per heavy atom. The molecule has 6 heteroatoms. The lowest BCUT2D eigenvalue weighted by atomic mass is 10.0. The summed E-state index contributed by atoms with van der Waals surface area (Å²) in [5.41, 5.74) is 4.25. The number of hydrogen-bond donors (Lipinski definition) is 0. The number of rotatable bonds is 3. The Bertz CT molecular complexity index is 1060. The van der Waals surface area contributed by atoms with Gasteiger partial charge in [0.1, 0.15) is 5.82 Å². The Hall–Kier alpha value is -2.57. The number of pyridine rings is 2. The lowest BCUT2D eigenvalue weighted by molar-refractivity contribution is 0.122. The highest BCUT2D eigenvalue weighted by Gasteiger charge is 2.19. The first-order chi connectivity index (χ1) is 13.3. The van der Waals surface area contributed by atoms with Crippen LogP contribution in [0.3, 0.4) is 0 Å². The Kier molecular flexibility index (Phi) is 4.22. The second kappa shape index (κ2) is 6.87. The van der Waals surface area contributed by atoms with Gasteiger partial charge in [-0.3, -0.25) is 9.98 Å². The number of ether oxygens (including phenoxy) is 1. The van der Waals surface area contributed by atoms with Gasteiger partial charge in [0.15, 0.2) is 0 Å². The van der Waals surface area contributed by atoms with Gasteiger partial charge in [-0.1, -0.05) is 0 Å². The monoisotopic (exact) mass is 376 g/mol. The molecule has 0 unspecified atom stereocenters. The van der Waals surface area contributed by atoms with Crippen LogP contribution in [0.2, 0.25) is 0 Å². The largest absolute Gasteiger partial charge is 0.378 e. The molecule has 0 aromatic carbocycles. The van der Waals surface area contributed by atoms with Crippen molar-refractivity contribution in [3.05, 3.63) is 47.1 Å². The zero-order chi connectivity index (χ0) is 18.2. The average Bonchev–Trinajstić information content (AvgIpc) is 3.39. The van der Waals surface area contributed by atoms with Crippen LogP contribution < -0.4 is 4.90 Å². The van der Waals surface area contributed by atoms with E-state index >= 15 is 0 Å². The number of aromatic nitrogens is 2. The van der Waals surface area contributed by atoms with Crippen molar-refractivity contribution in [2.45, 2.75) is 6.92 Å². The Morgan fingerprint density at radius 2 is 2.04 bits per heavy atom. The molecule has 3 aromatic heterocycles. The van der Waals surface area contributed by atoms with Gasteiger partial charge in [-0.05, 0) is 37.3 Å². The average molecular weight is 376 g/mol. The van der Waals surface area contributed by atoms with Gasteiger partial charge in [0, 0.05) is 51.8 Å². The zero-order valence-electron chi connectivity index (χ0n) is 15.2. The second-order valence-corrected chi connectivity index (χ2v) is 8.06. The van der Waals surface area contributed by atoms with E-state index in [9.17, 15) is 0 Å². The van der Waals surface area contributed by atoms with Gasteiger partial charge in [-0.15, -0.1) is 11.3 Å². The Morgan fingerprint density at radius 3 is 2.78 bits per heavy atom. The van der Waals surface area contributed by atoms with E-state index in [0.29, 0.717) is 6.54 Å². The van der Waals surface area contributed by atoms with Gasteiger partial charge in [-0.2, -0.15) is 0 Å². The molecule has 27 heavy (non-hydrogen) atoms. The van der Waals surface area contributed by atoms with Crippen molar-refractivity contribution in [3.63, 3.8) is 0 Å². The van der Waals surface area contributed by atoms with E-state index < -0.39 is 0 Å². The first-order valence-electron chi connectivity index (χ1n) is 9.18. The molecule has 0 radical (unpaired) electrons. The molecular formula is C21H20N4OS. The maximum Gasteiger partial charge on any atom is 0.130 e. The molecule has 5 heterocycles. The first-order valence-corrected chi connectivity index (χ1v) is 10.00. The summed E-state index contributed by atoms with van der Waals surface area (Å²) in [6.45, 7) is 6.03. The van der Waals surface area contributed by atoms with Crippen LogP contribution in [0.4, 0.5) is 5.82 Å². The molecule has 0 spiro atoms. The van der Waals surface area contributed by atoms with Crippen LogP contribution in [0.25, 0.3) is 26.9 Å². The first kappa shape index (κ1) is 16.6. The molecule has 1 fully saturated rings. The standard InChI is InChI=1S/C21H20N4OS/c1-14-2-3-18(27-14)17-12-19(25-8-10-26-11-9-25)24-21-16(17)5-7-23-20(21)15-4-6-22-13-15/h2-7,12H,8-11,13H2,1H3. The number of anilines is 1. The van der Waals surface area contributed by atoms with E-state index in [0.717, 1.165) is 54.3 Å². The van der Waals surface area contributed by atoms with E-state index in [1.807, 2.05) is 29.8 Å². The number of fused-ring (bicyclic) bond motifs is 1. The third-order valence-corrected chi connectivity index (χ3v) is 6.04. The zero-order valence-corrected chi connectivity index (χ0v) is 16.0. The minimum atomic E-state index is 0.670. The SMILES string of the molecule is Cc1ccc(-c2cc(N3CCOCC3)nc3c(C4=CC=NC4)nccc23)s1. The van der Waals surface area contributed by atoms with Gasteiger partial charge < -0.3 is 9.64 Å². The molecule has 3 aromatic rings. The predicted octanol–water partition coefficient (Wildman–Crippen LogP) is 3.97. The second-order valence-electron chi connectivity index (χ2n) is 6.78. The van der Waals surface area contributed by atoms with E-state index in [1.165, 1.54) is 15.3 Å². The number of morpholine rings is 1. The van der Waals surface area contributed by atoms with Crippen LogP contribution in [0.1, 0.15) is 10.6 Å². The molecule has 5 rings (SSSR count). The van der Waals surface area contributed by atoms with Crippen molar-refractivity contribution in [1.29, 1.82) is 0 Å². The lowest BCUT2D eigenvalue weighted by Gasteiger charge is -2.28. The predicted molar refractivity (Wildman–Crippen MR) is 112 cm³/mol. The maximum atomic E-state index is 5.53. The van der Waals surface area contributed by atoms with Crippen molar-refractivity contribution in [2.24, 2.45) is 4.99 Å². The van der Waals surface area contributed by atoms with Crippen LogP contribution in [0, 0.1) is 6.92 Å². The molecule has 5 nitrogen and oxygen atoms in total.